The van der Waals surface area contributed by atoms with Crippen molar-refractivity contribution in [3.05, 3.63) is 15.6 Å². The van der Waals surface area contributed by atoms with E-state index >= 15 is 0 Å². The van der Waals surface area contributed by atoms with Crippen LogP contribution in [0.2, 0.25) is 0 Å². The van der Waals surface area contributed by atoms with Crippen LogP contribution >= 0.6 is 11.3 Å². The standard InChI is InChI=1S/C16H28N2OS/c1-5-13-14(11-17-12-9-10-12)20-15(18-13)16(6-2,7-3)19-8-4/h12,17H,5-11H2,1-4H3. The molecule has 0 aliphatic heterocycles. The fourth-order valence-corrected chi connectivity index (χ4v) is 4.00. The molecule has 20 heavy (non-hydrogen) atoms. The van der Waals surface area contributed by atoms with Gasteiger partial charge in [-0.1, -0.05) is 20.8 Å². The summed E-state index contributed by atoms with van der Waals surface area (Å²) >= 11 is 1.85. The lowest BCUT2D eigenvalue weighted by Gasteiger charge is -2.29. The lowest BCUT2D eigenvalue weighted by molar-refractivity contribution is -0.0507. The third kappa shape index (κ3) is 3.41. The Balaban J connectivity index is 2.20. The van der Waals surface area contributed by atoms with Gasteiger partial charge in [0.15, 0.2) is 0 Å². The van der Waals surface area contributed by atoms with Crippen molar-refractivity contribution >= 4 is 11.3 Å². The van der Waals surface area contributed by atoms with Crippen LogP contribution in [-0.2, 0) is 23.3 Å². The maximum Gasteiger partial charge on any atom is 0.125 e. The van der Waals surface area contributed by atoms with Crippen LogP contribution in [0.1, 0.15) is 69.0 Å². The summed E-state index contributed by atoms with van der Waals surface area (Å²) < 4.78 is 6.09. The van der Waals surface area contributed by atoms with Gasteiger partial charge in [0, 0.05) is 24.1 Å². The van der Waals surface area contributed by atoms with Crippen molar-refractivity contribution in [3.63, 3.8) is 0 Å². The van der Waals surface area contributed by atoms with Crippen molar-refractivity contribution in [1.29, 1.82) is 0 Å². The average molecular weight is 296 g/mol. The number of aromatic nitrogens is 1. The monoisotopic (exact) mass is 296 g/mol. The lowest BCUT2D eigenvalue weighted by atomic mass is 9.98. The molecule has 1 aromatic heterocycles. The molecule has 0 bridgehead atoms. The van der Waals surface area contributed by atoms with Gasteiger partial charge in [-0.15, -0.1) is 11.3 Å². The minimum absolute atomic E-state index is 0.179. The van der Waals surface area contributed by atoms with Crippen molar-refractivity contribution in [2.75, 3.05) is 6.61 Å². The molecule has 114 valence electrons. The number of rotatable bonds is 9. The van der Waals surface area contributed by atoms with Crippen LogP contribution in [0.15, 0.2) is 0 Å². The predicted octanol–water partition coefficient (Wildman–Crippen LogP) is 4.01. The third-order valence-electron chi connectivity index (χ3n) is 4.19. The summed E-state index contributed by atoms with van der Waals surface area (Å²) in [5.41, 5.74) is 1.07. The molecule has 0 radical (unpaired) electrons. The number of ether oxygens (including phenoxy) is 1. The molecular weight excluding hydrogens is 268 g/mol. The Hall–Kier alpha value is -0.450. The van der Waals surface area contributed by atoms with Crippen molar-refractivity contribution in [2.24, 2.45) is 0 Å². The van der Waals surface area contributed by atoms with E-state index < -0.39 is 0 Å². The zero-order chi connectivity index (χ0) is 14.6. The Morgan fingerprint density at radius 1 is 1.25 bits per heavy atom. The van der Waals surface area contributed by atoms with Gasteiger partial charge >= 0.3 is 0 Å². The van der Waals surface area contributed by atoms with E-state index in [1.165, 1.54) is 28.4 Å². The second kappa shape index (κ2) is 7.01. The molecule has 1 aliphatic rings. The molecule has 0 saturated heterocycles. The van der Waals surface area contributed by atoms with Gasteiger partial charge < -0.3 is 10.1 Å². The van der Waals surface area contributed by atoms with Gasteiger partial charge in [0.25, 0.3) is 0 Å². The number of nitrogens with one attached hydrogen (secondary N) is 1. The van der Waals surface area contributed by atoms with Crippen molar-refractivity contribution in [1.82, 2.24) is 10.3 Å². The van der Waals surface area contributed by atoms with E-state index in [4.69, 9.17) is 9.72 Å². The van der Waals surface area contributed by atoms with Crippen LogP contribution in [0, 0.1) is 0 Å². The Labute approximate surface area is 127 Å². The molecule has 0 unspecified atom stereocenters. The van der Waals surface area contributed by atoms with E-state index in [0.29, 0.717) is 0 Å². The number of thiazole rings is 1. The largest absolute Gasteiger partial charge is 0.368 e. The second-order valence-corrected chi connectivity index (χ2v) is 6.62. The van der Waals surface area contributed by atoms with E-state index in [1.54, 1.807) is 0 Å². The fraction of sp³-hybridized carbons (Fsp3) is 0.812. The van der Waals surface area contributed by atoms with Crippen LogP contribution in [-0.4, -0.2) is 17.6 Å². The van der Waals surface area contributed by atoms with E-state index in [-0.39, 0.29) is 5.60 Å². The van der Waals surface area contributed by atoms with Crippen LogP contribution in [0.25, 0.3) is 0 Å². The maximum atomic E-state index is 6.09. The van der Waals surface area contributed by atoms with Crippen LogP contribution < -0.4 is 5.32 Å². The summed E-state index contributed by atoms with van der Waals surface area (Å²) in [4.78, 5) is 6.32. The Kier molecular flexibility index (Phi) is 5.58. The van der Waals surface area contributed by atoms with Gasteiger partial charge in [0.2, 0.25) is 0 Å². The number of hydrogen-bond donors (Lipinski definition) is 1. The molecule has 1 fully saturated rings. The molecule has 1 aromatic rings. The number of aryl methyl sites for hydroxylation is 1. The highest BCUT2D eigenvalue weighted by atomic mass is 32.1. The summed E-state index contributed by atoms with van der Waals surface area (Å²) in [5, 5.41) is 4.78. The molecule has 2 rings (SSSR count). The van der Waals surface area contributed by atoms with Gasteiger partial charge in [0.05, 0.1) is 5.69 Å². The SMILES string of the molecule is CCOC(CC)(CC)c1nc(CC)c(CNC2CC2)s1. The van der Waals surface area contributed by atoms with Gasteiger partial charge in [-0.3, -0.25) is 0 Å². The van der Waals surface area contributed by atoms with Crippen LogP contribution in [0.5, 0.6) is 0 Å². The summed E-state index contributed by atoms with van der Waals surface area (Å²) in [6, 6.07) is 0.749. The number of nitrogens with zero attached hydrogens (tertiary/aromatic N) is 1. The van der Waals surface area contributed by atoms with E-state index in [2.05, 4.69) is 33.0 Å². The average Bonchev–Trinajstić information content (AvgIpc) is 3.21. The molecular formula is C16H28N2OS. The maximum absolute atomic E-state index is 6.09. The highest BCUT2D eigenvalue weighted by Crippen LogP contribution is 2.37. The molecule has 1 aliphatic carbocycles. The molecule has 3 nitrogen and oxygen atoms in total. The van der Waals surface area contributed by atoms with E-state index in [0.717, 1.165) is 38.5 Å². The van der Waals surface area contributed by atoms with Gasteiger partial charge in [-0.05, 0) is 39.0 Å². The third-order valence-corrected chi connectivity index (χ3v) is 5.48. The summed E-state index contributed by atoms with van der Waals surface area (Å²) in [7, 11) is 0. The summed E-state index contributed by atoms with van der Waals surface area (Å²) in [6.45, 7) is 10.4. The first-order chi connectivity index (χ1) is 9.69. The smallest absolute Gasteiger partial charge is 0.125 e. The molecule has 0 amide bonds. The first-order valence-corrected chi connectivity index (χ1v) is 8.87. The summed E-state index contributed by atoms with van der Waals surface area (Å²) in [5.74, 6) is 0. The Bertz CT molecular complexity index is 422. The predicted molar refractivity (Wildman–Crippen MR) is 85.2 cm³/mol. The van der Waals surface area contributed by atoms with Gasteiger partial charge in [-0.2, -0.15) is 0 Å². The van der Waals surface area contributed by atoms with Gasteiger partial charge in [0.1, 0.15) is 10.6 Å². The zero-order valence-corrected chi connectivity index (χ0v) is 14.1. The minimum Gasteiger partial charge on any atom is -0.368 e. The second-order valence-electron chi connectivity index (χ2n) is 5.53. The first-order valence-electron chi connectivity index (χ1n) is 8.05. The van der Waals surface area contributed by atoms with Crippen LogP contribution in [0.4, 0.5) is 0 Å². The van der Waals surface area contributed by atoms with Gasteiger partial charge in [-0.25, -0.2) is 4.98 Å². The molecule has 1 N–H and O–H groups in total. The van der Waals surface area contributed by atoms with E-state index in [9.17, 15) is 0 Å². The highest BCUT2D eigenvalue weighted by molar-refractivity contribution is 7.11. The topological polar surface area (TPSA) is 34.1 Å². The molecule has 1 heterocycles. The van der Waals surface area contributed by atoms with Crippen LogP contribution in [0.3, 0.4) is 0 Å². The highest BCUT2D eigenvalue weighted by Gasteiger charge is 2.33. The first kappa shape index (κ1) is 15.9. The van der Waals surface area contributed by atoms with Crippen molar-refractivity contribution in [2.45, 2.75) is 78.0 Å². The Morgan fingerprint density at radius 3 is 2.45 bits per heavy atom. The van der Waals surface area contributed by atoms with E-state index in [1.807, 2.05) is 11.3 Å². The molecule has 0 aromatic carbocycles. The minimum atomic E-state index is -0.179. The fourth-order valence-electron chi connectivity index (χ4n) is 2.61. The normalized spacial score (nSPS) is 15.8. The molecule has 0 atom stereocenters. The molecule has 1 saturated carbocycles. The summed E-state index contributed by atoms with van der Waals surface area (Å²) in [6.07, 6.45) is 5.65. The zero-order valence-electron chi connectivity index (χ0n) is 13.3. The Morgan fingerprint density at radius 2 is 1.95 bits per heavy atom. The number of hydrogen-bond acceptors (Lipinski definition) is 4. The molecule has 0 spiro atoms. The quantitative estimate of drug-likeness (QED) is 0.747. The molecule has 4 heteroatoms. The van der Waals surface area contributed by atoms with Crippen molar-refractivity contribution in [3.8, 4) is 0 Å². The lowest BCUT2D eigenvalue weighted by Crippen LogP contribution is -2.28. The van der Waals surface area contributed by atoms with Crippen molar-refractivity contribution < 1.29 is 4.74 Å².